The smallest absolute Gasteiger partial charge is 0.333 e. The molecule has 0 bridgehead atoms. The maximum Gasteiger partial charge on any atom is 0.333 e. The highest BCUT2D eigenvalue weighted by atomic mass is 16.4. The van der Waals surface area contributed by atoms with Gasteiger partial charge in [-0.25, -0.2) is 4.79 Å². The van der Waals surface area contributed by atoms with Crippen LogP contribution in [-0.4, -0.2) is 84.8 Å². The van der Waals surface area contributed by atoms with Gasteiger partial charge in [0.2, 0.25) is 6.35 Å². The number of aliphatic hydroxyl groups is 6. The first-order valence-electron chi connectivity index (χ1n) is 7.10. The summed E-state index contributed by atoms with van der Waals surface area (Å²) in [5.41, 5.74) is -1.69. The Balaban J connectivity index is 3.37. The van der Waals surface area contributed by atoms with E-state index in [-0.39, 0.29) is 24.8 Å². The van der Waals surface area contributed by atoms with Crippen LogP contribution in [0.4, 0.5) is 0 Å². The van der Waals surface area contributed by atoms with Gasteiger partial charge in [0.25, 0.3) is 0 Å². The molecular weight excluding hydrogens is 326 g/mol. The Kier molecular flexibility index (Phi) is 7.10. The van der Waals surface area contributed by atoms with Crippen LogP contribution in [0.5, 0.6) is 0 Å². The van der Waals surface area contributed by atoms with Gasteiger partial charge in [0.15, 0.2) is 0 Å². The van der Waals surface area contributed by atoms with E-state index in [4.69, 9.17) is 5.11 Å². The third kappa shape index (κ3) is 4.41. The summed E-state index contributed by atoms with van der Waals surface area (Å²) >= 11 is 0. The number of aliphatic hydroxyl groups excluding tert-OH is 6. The van der Waals surface area contributed by atoms with Crippen molar-refractivity contribution in [2.45, 2.75) is 25.6 Å². The Morgan fingerprint density at radius 2 is 1.62 bits per heavy atom. The number of hydrogen-bond donors (Lipinski definition) is 7. The molecule has 1 unspecified atom stereocenters. The molecule has 0 aliphatic carbocycles. The number of nitrogens with zero attached hydrogens (tertiary/aromatic N) is 3. The minimum atomic E-state index is -1.81. The maximum atomic E-state index is 11.7. The van der Waals surface area contributed by atoms with Gasteiger partial charge in [-0.2, -0.15) is 4.99 Å². The highest BCUT2D eigenvalue weighted by molar-refractivity contribution is 5.92. The van der Waals surface area contributed by atoms with Crippen LogP contribution in [0.15, 0.2) is 21.8 Å². The average molecular weight is 347 g/mol. The predicted octanol–water partition coefficient (Wildman–Crippen LogP) is -1.49. The standard InChI is InChI=1S/C13H21N3O8/c17-4-1-13(2-5-18,3-6-19)8(9(20)21)7-16-11(23)14-10(22)15-12(16)24/h7,11,17-19,23H,1-6H2,(H,20,21)(H2,14,15,22,24). The Bertz CT molecular complexity index is 528. The molecule has 1 aliphatic heterocycles. The van der Waals surface area contributed by atoms with Gasteiger partial charge >= 0.3 is 18.0 Å². The fraction of sp³-hybridized carbons (Fsp3) is 0.615. The van der Waals surface area contributed by atoms with Crippen LogP contribution >= 0.6 is 0 Å². The number of aliphatic imine (C=N–C) groups is 2. The summed E-state index contributed by atoms with van der Waals surface area (Å²) in [6.07, 6.45) is -1.21. The number of carboxylic acids is 1. The van der Waals surface area contributed by atoms with Gasteiger partial charge in [0.1, 0.15) is 0 Å². The molecule has 0 aromatic heterocycles. The van der Waals surface area contributed by atoms with Crippen LogP contribution in [0.2, 0.25) is 0 Å². The quantitative estimate of drug-likeness (QED) is 0.244. The molecule has 0 radical (unpaired) electrons. The summed E-state index contributed by atoms with van der Waals surface area (Å²) in [5, 5.41) is 65.8. The van der Waals surface area contributed by atoms with E-state index in [2.05, 4.69) is 9.98 Å². The van der Waals surface area contributed by atoms with Gasteiger partial charge < -0.3 is 35.7 Å². The molecule has 0 spiro atoms. The number of rotatable bonds is 9. The van der Waals surface area contributed by atoms with E-state index in [1.807, 2.05) is 0 Å². The van der Waals surface area contributed by atoms with Gasteiger partial charge in [0, 0.05) is 31.4 Å². The number of carbonyl (C=O) groups is 1. The van der Waals surface area contributed by atoms with Gasteiger partial charge in [-0.15, -0.1) is 4.99 Å². The molecule has 11 heteroatoms. The second kappa shape index (κ2) is 8.59. The third-order valence-electron chi connectivity index (χ3n) is 3.75. The van der Waals surface area contributed by atoms with Gasteiger partial charge in [-0.05, 0) is 19.3 Å². The fourth-order valence-electron chi connectivity index (χ4n) is 2.55. The number of carboxylic acid groups (broad SMARTS) is 1. The average Bonchev–Trinajstić information content (AvgIpc) is 2.46. The molecular formula is C13H21N3O8. The first-order valence-corrected chi connectivity index (χ1v) is 7.10. The molecule has 0 aromatic rings. The van der Waals surface area contributed by atoms with Crippen molar-refractivity contribution < 1.29 is 40.5 Å². The summed E-state index contributed by atoms with van der Waals surface area (Å²) < 4.78 is 0. The van der Waals surface area contributed by atoms with E-state index in [9.17, 15) is 35.4 Å². The first kappa shape index (κ1) is 19.8. The summed E-state index contributed by atoms with van der Waals surface area (Å²) in [5.74, 6) is -1.44. The molecule has 0 saturated carbocycles. The van der Waals surface area contributed by atoms with Gasteiger partial charge in [0.05, 0.1) is 5.57 Å². The largest absolute Gasteiger partial charge is 0.480 e. The van der Waals surface area contributed by atoms with Crippen molar-refractivity contribution >= 4 is 18.0 Å². The van der Waals surface area contributed by atoms with Crippen LogP contribution < -0.4 is 0 Å². The molecule has 1 heterocycles. The molecule has 0 amide bonds. The van der Waals surface area contributed by atoms with Crippen molar-refractivity contribution in [3.05, 3.63) is 11.8 Å². The molecule has 1 aliphatic rings. The second-order valence-corrected chi connectivity index (χ2v) is 5.14. The minimum absolute atomic E-state index is 0.0807. The summed E-state index contributed by atoms with van der Waals surface area (Å²) in [6, 6.07) is -1.77. The lowest BCUT2D eigenvalue weighted by atomic mass is 9.72. The Hall–Kier alpha value is -2.21. The van der Waals surface area contributed by atoms with E-state index < -0.39 is 49.6 Å². The molecule has 136 valence electrons. The van der Waals surface area contributed by atoms with E-state index >= 15 is 0 Å². The maximum absolute atomic E-state index is 11.7. The zero-order valence-corrected chi connectivity index (χ0v) is 12.8. The van der Waals surface area contributed by atoms with E-state index in [0.717, 1.165) is 6.20 Å². The topological polar surface area (TPSA) is 187 Å². The highest BCUT2D eigenvalue weighted by Crippen LogP contribution is 2.39. The monoisotopic (exact) mass is 347 g/mol. The lowest BCUT2D eigenvalue weighted by Gasteiger charge is -2.35. The SMILES string of the molecule is O=C(O)C(=CN1C(O)=NC(O)=NC1O)C(CCO)(CCO)CCO. The van der Waals surface area contributed by atoms with Gasteiger partial charge in [-0.3, -0.25) is 4.90 Å². The molecule has 24 heavy (non-hydrogen) atoms. The summed E-state index contributed by atoms with van der Waals surface area (Å²) in [4.78, 5) is 18.8. The number of hydrogen-bond acceptors (Lipinski definition) is 8. The predicted molar refractivity (Wildman–Crippen MR) is 81.2 cm³/mol. The van der Waals surface area contributed by atoms with E-state index in [1.165, 1.54) is 0 Å². The number of aliphatic carboxylic acids is 1. The number of amidine groups is 2. The van der Waals surface area contributed by atoms with Crippen LogP contribution in [0.3, 0.4) is 0 Å². The molecule has 0 saturated heterocycles. The Morgan fingerprint density at radius 3 is 2.00 bits per heavy atom. The van der Waals surface area contributed by atoms with Gasteiger partial charge in [-0.1, -0.05) is 0 Å². The van der Waals surface area contributed by atoms with Crippen molar-refractivity contribution in [1.29, 1.82) is 0 Å². The molecule has 1 atom stereocenters. The third-order valence-corrected chi connectivity index (χ3v) is 3.75. The Labute approximate surface area is 137 Å². The molecule has 11 nitrogen and oxygen atoms in total. The molecule has 0 aromatic carbocycles. The zero-order valence-electron chi connectivity index (χ0n) is 12.8. The van der Waals surface area contributed by atoms with Crippen molar-refractivity contribution in [2.24, 2.45) is 15.4 Å². The van der Waals surface area contributed by atoms with Crippen LogP contribution in [0.1, 0.15) is 19.3 Å². The molecule has 7 N–H and O–H groups in total. The molecule has 1 rings (SSSR count). The molecule has 0 fully saturated rings. The van der Waals surface area contributed by atoms with Crippen LogP contribution in [-0.2, 0) is 4.79 Å². The minimum Gasteiger partial charge on any atom is -0.480 e. The summed E-state index contributed by atoms with van der Waals surface area (Å²) in [6.45, 7) is -1.23. The lowest BCUT2D eigenvalue weighted by Crippen LogP contribution is -2.41. The highest BCUT2D eigenvalue weighted by Gasteiger charge is 2.38. The lowest BCUT2D eigenvalue weighted by molar-refractivity contribution is -0.134. The van der Waals surface area contributed by atoms with Crippen LogP contribution in [0, 0.1) is 5.41 Å². The zero-order chi connectivity index (χ0) is 18.3. The Morgan fingerprint density at radius 1 is 1.12 bits per heavy atom. The van der Waals surface area contributed by atoms with E-state index in [1.54, 1.807) is 0 Å². The van der Waals surface area contributed by atoms with Crippen molar-refractivity contribution in [3.63, 3.8) is 0 Å². The second-order valence-electron chi connectivity index (χ2n) is 5.14. The first-order chi connectivity index (χ1) is 11.3. The summed E-state index contributed by atoms with van der Waals surface area (Å²) in [7, 11) is 0. The van der Waals surface area contributed by atoms with Crippen molar-refractivity contribution in [1.82, 2.24) is 4.90 Å². The normalized spacial score (nSPS) is 19.1. The van der Waals surface area contributed by atoms with E-state index in [0.29, 0.717) is 4.90 Å². The van der Waals surface area contributed by atoms with Crippen molar-refractivity contribution in [3.8, 4) is 0 Å². The van der Waals surface area contributed by atoms with Crippen LogP contribution in [0.25, 0.3) is 0 Å². The fourth-order valence-corrected chi connectivity index (χ4v) is 2.55. The van der Waals surface area contributed by atoms with Crippen molar-refractivity contribution in [2.75, 3.05) is 19.8 Å².